The molecule has 1 aromatic carbocycles. The predicted octanol–water partition coefficient (Wildman–Crippen LogP) is 4.47. The van der Waals surface area contributed by atoms with Gasteiger partial charge in [0.2, 0.25) is 0 Å². The van der Waals surface area contributed by atoms with Crippen LogP contribution >= 0.6 is 11.8 Å². The lowest BCUT2D eigenvalue weighted by atomic mass is 10.0. The number of rotatable bonds is 8. The highest BCUT2D eigenvalue weighted by molar-refractivity contribution is 7.99. The number of hydrogen-bond acceptors (Lipinski definition) is 2. The molecule has 0 aliphatic rings. The van der Waals surface area contributed by atoms with Crippen LogP contribution in [0.25, 0.3) is 0 Å². The van der Waals surface area contributed by atoms with Crippen LogP contribution < -0.4 is 5.32 Å². The molecule has 0 heterocycles. The third-order valence-corrected chi connectivity index (χ3v) is 4.45. The van der Waals surface area contributed by atoms with Crippen LogP contribution in [0, 0.1) is 17.6 Å². The van der Waals surface area contributed by atoms with Crippen molar-refractivity contribution in [1.82, 2.24) is 5.32 Å². The van der Waals surface area contributed by atoms with E-state index in [1.54, 1.807) is 0 Å². The minimum atomic E-state index is -0.384. The highest BCUT2D eigenvalue weighted by Crippen LogP contribution is 2.25. The maximum atomic E-state index is 13.5. The summed E-state index contributed by atoms with van der Waals surface area (Å²) in [7, 11) is 0. The van der Waals surface area contributed by atoms with Crippen molar-refractivity contribution in [3.63, 3.8) is 0 Å². The Kier molecular flexibility index (Phi) is 7.39. The molecule has 1 nitrogen and oxygen atoms in total. The summed E-state index contributed by atoms with van der Waals surface area (Å²) < 4.78 is 26.7. The highest BCUT2D eigenvalue weighted by atomic mass is 32.2. The fourth-order valence-corrected chi connectivity index (χ4v) is 3.01. The molecule has 4 heteroatoms. The van der Waals surface area contributed by atoms with Crippen molar-refractivity contribution < 1.29 is 8.78 Å². The van der Waals surface area contributed by atoms with Crippen molar-refractivity contribution in [1.29, 1.82) is 0 Å². The zero-order chi connectivity index (χ0) is 14.3. The van der Waals surface area contributed by atoms with E-state index in [9.17, 15) is 8.78 Å². The lowest BCUT2D eigenvalue weighted by Crippen LogP contribution is -2.37. The Hall–Kier alpha value is -0.610. The van der Waals surface area contributed by atoms with E-state index in [0.717, 1.165) is 31.2 Å². The molecular formula is C15H23F2NS. The van der Waals surface area contributed by atoms with Gasteiger partial charge >= 0.3 is 0 Å². The molecule has 0 radical (unpaired) electrons. The molecule has 0 bridgehead atoms. The van der Waals surface area contributed by atoms with Gasteiger partial charge in [-0.3, -0.25) is 0 Å². The number of halogens is 2. The van der Waals surface area contributed by atoms with Gasteiger partial charge in [0.05, 0.1) is 0 Å². The van der Waals surface area contributed by atoms with Gasteiger partial charge in [-0.15, -0.1) is 11.8 Å². The molecule has 1 N–H and O–H groups in total. The van der Waals surface area contributed by atoms with Crippen LogP contribution in [0.5, 0.6) is 0 Å². The summed E-state index contributed by atoms with van der Waals surface area (Å²) in [6.07, 6.45) is 2.15. The van der Waals surface area contributed by atoms with Gasteiger partial charge in [0.25, 0.3) is 0 Å². The van der Waals surface area contributed by atoms with E-state index in [0.29, 0.717) is 16.9 Å². The van der Waals surface area contributed by atoms with Gasteiger partial charge in [-0.25, -0.2) is 8.78 Å². The van der Waals surface area contributed by atoms with Gasteiger partial charge in [-0.05, 0) is 37.1 Å². The van der Waals surface area contributed by atoms with Crippen molar-refractivity contribution >= 4 is 11.8 Å². The third kappa shape index (κ3) is 5.49. The molecule has 0 fully saturated rings. The molecule has 0 aromatic heterocycles. The monoisotopic (exact) mass is 287 g/mol. The molecular weight excluding hydrogens is 264 g/mol. The first-order chi connectivity index (χ1) is 9.08. The van der Waals surface area contributed by atoms with Gasteiger partial charge in [0.1, 0.15) is 11.6 Å². The molecule has 0 aliphatic heterocycles. The van der Waals surface area contributed by atoms with Crippen molar-refractivity contribution in [3.8, 4) is 0 Å². The maximum Gasteiger partial charge on any atom is 0.136 e. The minimum Gasteiger partial charge on any atom is -0.313 e. The van der Waals surface area contributed by atoms with E-state index in [4.69, 9.17) is 0 Å². The molecule has 0 aliphatic carbocycles. The Morgan fingerprint density at radius 1 is 1.26 bits per heavy atom. The summed E-state index contributed by atoms with van der Waals surface area (Å²) in [6.45, 7) is 7.43. The summed E-state index contributed by atoms with van der Waals surface area (Å²) in [4.78, 5) is 0.395. The van der Waals surface area contributed by atoms with Gasteiger partial charge in [0.15, 0.2) is 0 Å². The normalized spacial score (nSPS) is 14.4. The molecule has 0 saturated heterocycles. The first-order valence-corrected chi connectivity index (χ1v) is 7.88. The summed E-state index contributed by atoms with van der Waals surface area (Å²) in [5, 5.41) is 3.49. The number of thioether (sulfide) groups is 1. The van der Waals surface area contributed by atoms with E-state index in [1.165, 1.54) is 23.9 Å². The summed E-state index contributed by atoms with van der Waals surface area (Å²) in [5.41, 5.74) is 0. The van der Waals surface area contributed by atoms with E-state index < -0.39 is 0 Å². The van der Waals surface area contributed by atoms with E-state index in [2.05, 4.69) is 26.1 Å². The van der Waals surface area contributed by atoms with Crippen LogP contribution in [-0.2, 0) is 0 Å². The second kappa shape index (κ2) is 8.54. The zero-order valence-electron chi connectivity index (χ0n) is 11.9. The molecule has 1 aromatic rings. The van der Waals surface area contributed by atoms with E-state index in [-0.39, 0.29) is 11.6 Å². The third-order valence-electron chi connectivity index (χ3n) is 3.30. The van der Waals surface area contributed by atoms with Gasteiger partial charge in [0, 0.05) is 16.7 Å². The Labute approximate surface area is 119 Å². The van der Waals surface area contributed by atoms with Gasteiger partial charge in [-0.1, -0.05) is 27.2 Å². The van der Waals surface area contributed by atoms with E-state index >= 15 is 0 Å². The first-order valence-electron chi connectivity index (χ1n) is 6.89. The van der Waals surface area contributed by atoms with E-state index in [1.807, 2.05) is 0 Å². The Morgan fingerprint density at radius 3 is 2.63 bits per heavy atom. The summed E-state index contributed by atoms with van der Waals surface area (Å²) >= 11 is 1.39. The molecule has 108 valence electrons. The fraction of sp³-hybridized carbons (Fsp3) is 0.600. The van der Waals surface area contributed by atoms with Crippen LogP contribution in [0.1, 0.15) is 33.6 Å². The lowest BCUT2D eigenvalue weighted by molar-refractivity contribution is 0.397. The second-order valence-electron chi connectivity index (χ2n) is 4.83. The molecule has 0 spiro atoms. The lowest BCUT2D eigenvalue weighted by Gasteiger charge is -2.24. The van der Waals surface area contributed by atoms with Gasteiger partial charge < -0.3 is 5.32 Å². The van der Waals surface area contributed by atoms with Crippen LogP contribution in [0.2, 0.25) is 0 Å². The fourth-order valence-electron chi connectivity index (χ4n) is 1.81. The number of hydrogen-bond donors (Lipinski definition) is 1. The molecule has 2 unspecified atom stereocenters. The standard InChI is InChI=1S/C15H23F2NS/c1-4-8-18-14(11(3)5-2)10-19-15-9-12(16)6-7-13(15)17/h6-7,9,11,14,18H,4-5,8,10H2,1-3H3. The average Bonchev–Trinajstić information content (AvgIpc) is 2.41. The van der Waals surface area contributed by atoms with Crippen LogP contribution in [0.3, 0.4) is 0 Å². The molecule has 19 heavy (non-hydrogen) atoms. The number of nitrogens with one attached hydrogen (secondary N) is 1. The average molecular weight is 287 g/mol. The van der Waals surface area contributed by atoms with Crippen molar-refractivity contribution in [2.75, 3.05) is 12.3 Å². The van der Waals surface area contributed by atoms with Crippen LogP contribution in [-0.4, -0.2) is 18.3 Å². The predicted molar refractivity (Wildman–Crippen MR) is 78.6 cm³/mol. The summed E-state index contributed by atoms with van der Waals surface area (Å²) in [5.74, 6) is 0.557. The topological polar surface area (TPSA) is 12.0 Å². The molecule has 1 rings (SSSR count). The Bertz CT molecular complexity index is 384. The molecule has 0 saturated carbocycles. The SMILES string of the molecule is CCCNC(CSc1cc(F)ccc1F)C(C)CC. The minimum absolute atomic E-state index is 0.331. The van der Waals surface area contributed by atoms with Crippen molar-refractivity contribution in [3.05, 3.63) is 29.8 Å². The Morgan fingerprint density at radius 2 is 2.00 bits per heavy atom. The largest absolute Gasteiger partial charge is 0.313 e. The van der Waals surface area contributed by atoms with Crippen LogP contribution in [0.4, 0.5) is 8.78 Å². The quantitative estimate of drug-likeness (QED) is 0.708. The van der Waals surface area contributed by atoms with Crippen LogP contribution in [0.15, 0.2) is 23.1 Å². The summed E-state index contributed by atoms with van der Waals surface area (Å²) in [6, 6.07) is 3.95. The van der Waals surface area contributed by atoms with Crippen molar-refractivity contribution in [2.24, 2.45) is 5.92 Å². The Balaban J connectivity index is 2.61. The van der Waals surface area contributed by atoms with Gasteiger partial charge in [-0.2, -0.15) is 0 Å². The smallest absolute Gasteiger partial charge is 0.136 e. The first kappa shape index (κ1) is 16.4. The zero-order valence-corrected chi connectivity index (χ0v) is 12.7. The molecule has 0 amide bonds. The second-order valence-corrected chi connectivity index (χ2v) is 5.89. The molecule has 2 atom stereocenters. The van der Waals surface area contributed by atoms with Crippen molar-refractivity contribution in [2.45, 2.75) is 44.6 Å². The highest BCUT2D eigenvalue weighted by Gasteiger charge is 2.16. The maximum absolute atomic E-state index is 13.5. The number of benzene rings is 1.